The average Bonchev–Trinajstić information content (AvgIpc) is 2.90. The van der Waals surface area contributed by atoms with Crippen LogP contribution in [-0.4, -0.2) is 11.5 Å². The van der Waals surface area contributed by atoms with E-state index in [2.05, 4.69) is 22.0 Å². The zero-order valence-electron chi connectivity index (χ0n) is 8.89. The molecule has 0 spiro atoms. The minimum absolute atomic E-state index is 0.838. The summed E-state index contributed by atoms with van der Waals surface area (Å²) in [4.78, 5) is 6.67. The van der Waals surface area contributed by atoms with Crippen molar-refractivity contribution in [3.05, 3.63) is 40.3 Å². The number of hydrogen-bond donors (Lipinski definition) is 1. The van der Waals surface area contributed by atoms with Crippen molar-refractivity contribution in [3.63, 3.8) is 0 Å². The Hall–Kier alpha value is -1.55. The molecule has 0 bridgehead atoms. The van der Waals surface area contributed by atoms with Crippen molar-refractivity contribution < 1.29 is 0 Å². The third kappa shape index (κ3) is 1.65. The SMILES string of the molecule is Nc1ccc2c(c1)N(Cc1nccs1)CC2. The maximum atomic E-state index is 5.83. The normalized spacial score (nSPS) is 14.1. The van der Waals surface area contributed by atoms with Crippen LogP contribution in [0.15, 0.2) is 29.8 Å². The molecule has 3 nitrogen and oxygen atoms in total. The Morgan fingerprint density at radius 2 is 2.38 bits per heavy atom. The molecule has 0 unspecified atom stereocenters. The molecule has 2 N–H and O–H groups in total. The number of nitrogens with zero attached hydrogens (tertiary/aromatic N) is 2. The number of fused-ring (bicyclic) bond motifs is 1. The second-order valence-corrected chi connectivity index (χ2v) is 4.96. The highest BCUT2D eigenvalue weighted by Gasteiger charge is 2.19. The Labute approximate surface area is 98.5 Å². The molecule has 3 rings (SSSR count). The molecule has 0 fully saturated rings. The van der Waals surface area contributed by atoms with Crippen molar-refractivity contribution in [3.8, 4) is 0 Å². The van der Waals surface area contributed by atoms with Crippen molar-refractivity contribution in [1.82, 2.24) is 4.98 Å². The van der Waals surface area contributed by atoms with Crippen LogP contribution in [0.5, 0.6) is 0 Å². The minimum atomic E-state index is 0.838. The molecule has 0 saturated carbocycles. The molecule has 16 heavy (non-hydrogen) atoms. The Bertz CT molecular complexity index is 493. The highest BCUT2D eigenvalue weighted by molar-refractivity contribution is 7.09. The van der Waals surface area contributed by atoms with Crippen molar-refractivity contribution in [2.45, 2.75) is 13.0 Å². The predicted octanol–water partition coefficient (Wildman–Crippen LogP) is 2.29. The number of benzene rings is 1. The van der Waals surface area contributed by atoms with Gasteiger partial charge in [-0.2, -0.15) is 0 Å². The molecule has 0 aliphatic carbocycles. The van der Waals surface area contributed by atoms with E-state index in [0.29, 0.717) is 0 Å². The zero-order chi connectivity index (χ0) is 11.0. The van der Waals surface area contributed by atoms with Crippen molar-refractivity contribution >= 4 is 22.7 Å². The molecule has 4 heteroatoms. The summed E-state index contributed by atoms with van der Waals surface area (Å²) < 4.78 is 0. The molecule has 0 atom stereocenters. The largest absolute Gasteiger partial charge is 0.399 e. The fraction of sp³-hybridized carbons (Fsp3) is 0.250. The van der Waals surface area contributed by atoms with Gasteiger partial charge in [-0.05, 0) is 24.1 Å². The molecule has 1 aromatic carbocycles. The van der Waals surface area contributed by atoms with Gasteiger partial charge >= 0.3 is 0 Å². The fourth-order valence-corrected chi connectivity index (χ4v) is 2.75. The lowest BCUT2D eigenvalue weighted by molar-refractivity contribution is 0.830. The Morgan fingerprint density at radius 1 is 1.44 bits per heavy atom. The Balaban J connectivity index is 1.88. The van der Waals surface area contributed by atoms with Crippen LogP contribution in [0.25, 0.3) is 0 Å². The Morgan fingerprint density at radius 3 is 3.19 bits per heavy atom. The van der Waals surface area contributed by atoms with E-state index in [1.165, 1.54) is 11.3 Å². The van der Waals surface area contributed by atoms with Gasteiger partial charge in [0.05, 0.1) is 6.54 Å². The van der Waals surface area contributed by atoms with Gasteiger partial charge in [-0.1, -0.05) is 6.07 Å². The van der Waals surface area contributed by atoms with Crippen molar-refractivity contribution in [2.24, 2.45) is 0 Å². The summed E-state index contributed by atoms with van der Waals surface area (Å²) in [6, 6.07) is 6.17. The summed E-state index contributed by atoms with van der Waals surface area (Å²) in [6.45, 7) is 1.96. The third-order valence-electron chi connectivity index (χ3n) is 2.91. The van der Waals surface area contributed by atoms with Crippen LogP contribution in [-0.2, 0) is 13.0 Å². The molecule has 1 aliphatic rings. The number of nitrogens with two attached hydrogens (primary N) is 1. The zero-order valence-corrected chi connectivity index (χ0v) is 9.70. The number of thiazole rings is 1. The number of hydrogen-bond acceptors (Lipinski definition) is 4. The number of nitrogen functional groups attached to an aromatic ring is 1. The van der Waals surface area contributed by atoms with E-state index < -0.39 is 0 Å². The highest BCUT2D eigenvalue weighted by atomic mass is 32.1. The molecule has 1 aliphatic heterocycles. The van der Waals surface area contributed by atoms with Gasteiger partial charge in [-0.25, -0.2) is 4.98 Å². The van der Waals surface area contributed by atoms with Crippen LogP contribution in [0.1, 0.15) is 10.6 Å². The first kappa shape index (κ1) is 9.66. The first-order chi connectivity index (χ1) is 7.83. The van der Waals surface area contributed by atoms with Gasteiger partial charge in [-0.3, -0.25) is 0 Å². The maximum absolute atomic E-state index is 5.83. The van der Waals surface area contributed by atoms with Crippen LogP contribution < -0.4 is 10.6 Å². The van der Waals surface area contributed by atoms with E-state index in [1.807, 2.05) is 17.6 Å². The molecular weight excluding hydrogens is 218 g/mol. The summed E-state index contributed by atoms with van der Waals surface area (Å²) in [5.74, 6) is 0. The molecule has 0 saturated heterocycles. The lowest BCUT2D eigenvalue weighted by Crippen LogP contribution is -2.19. The van der Waals surface area contributed by atoms with E-state index in [9.17, 15) is 0 Å². The molecule has 2 heterocycles. The number of anilines is 2. The van der Waals surface area contributed by atoms with Gasteiger partial charge in [-0.15, -0.1) is 11.3 Å². The van der Waals surface area contributed by atoms with Crippen LogP contribution in [0.4, 0.5) is 11.4 Å². The second-order valence-electron chi connectivity index (χ2n) is 3.99. The van der Waals surface area contributed by atoms with Gasteiger partial charge in [0.25, 0.3) is 0 Å². The molecule has 0 amide bonds. The summed E-state index contributed by atoms with van der Waals surface area (Å²) in [7, 11) is 0. The molecule has 2 aromatic rings. The first-order valence-electron chi connectivity index (χ1n) is 5.34. The van der Waals surface area contributed by atoms with Crippen LogP contribution in [0.3, 0.4) is 0 Å². The van der Waals surface area contributed by atoms with Gasteiger partial charge < -0.3 is 10.6 Å². The van der Waals surface area contributed by atoms with Gasteiger partial charge in [0.2, 0.25) is 0 Å². The van der Waals surface area contributed by atoms with Crippen LogP contribution in [0.2, 0.25) is 0 Å². The van der Waals surface area contributed by atoms with E-state index in [1.54, 1.807) is 11.3 Å². The molecular formula is C12H13N3S. The topological polar surface area (TPSA) is 42.1 Å². The van der Waals surface area contributed by atoms with E-state index in [4.69, 9.17) is 5.73 Å². The van der Waals surface area contributed by atoms with E-state index in [-0.39, 0.29) is 0 Å². The predicted molar refractivity (Wildman–Crippen MR) is 67.7 cm³/mol. The monoisotopic (exact) mass is 231 g/mol. The van der Waals surface area contributed by atoms with Gasteiger partial charge in [0.1, 0.15) is 5.01 Å². The van der Waals surface area contributed by atoms with Crippen LogP contribution in [0, 0.1) is 0 Å². The van der Waals surface area contributed by atoms with E-state index in [0.717, 1.165) is 30.2 Å². The average molecular weight is 231 g/mol. The summed E-state index contributed by atoms with van der Waals surface area (Å²) in [5, 5.41) is 3.18. The summed E-state index contributed by atoms with van der Waals surface area (Å²) in [6.07, 6.45) is 2.97. The molecule has 82 valence electrons. The first-order valence-corrected chi connectivity index (χ1v) is 6.22. The lowest BCUT2D eigenvalue weighted by atomic mass is 10.1. The quantitative estimate of drug-likeness (QED) is 0.806. The van der Waals surface area contributed by atoms with Gasteiger partial charge in [0.15, 0.2) is 0 Å². The summed E-state index contributed by atoms with van der Waals surface area (Å²) in [5.41, 5.74) is 9.33. The maximum Gasteiger partial charge on any atom is 0.112 e. The lowest BCUT2D eigenvalue weighted by Gasteiger charge is -2.17. The minimum Gasteiger partial charge on any atom is -0.399 e. The van der Waals surface area contributed by atoms with E-state index >= 15 is 0 Å². The second kappa shape index (κ2) is 3.79. The summed E-state index contributed by atoms with van der Waals surface area (Å²) >= 11 is 1.70. The van der Waals surface area contributed by atoms with Gasteiger partial charge in [0, 0.05) is 29.5 Å². The standard InChI is InChI=1S/C12H13N3S/c13-10-2-1-9-3-5-15(11(9)7-10)8-12-14-4-6-16-12/h1-2,4,6-7H,3,5,8,13H2. The smallest absolute Gasteiger partial charge is 0.112 e. The fourth-order valence-electron chi connectivity index (χ4n) is 2.12. The third-order valence-corrected chi connectivity index (χ3v) is 3.68. The molecule has 0 radical (unpaired) electrons. The highest BCUT2D eigenvalue weighted by Crippen LogP contribution is 2.31. The van der Waals surface area contributed by atoms with Crippen molar-refractivity contribution in [2.75, 3.05) is 17.2 Å². The molecule has 1 aromatic heterocycles. The Kier molecular flexibility index (Phi) is 2.29. The van der Waals surface area contributed by atoms with Crippen LogP contribution >= 0.6 is 11.3 Å². The number of aromatic nitrogens is 1. The van der Waals surface area contributed by atoms with Crippen molar-refractivity contribution in [1.29, 1.82) is 0 Å². The number of rotatable bonds is 2.